The van der Waals surface area contributed by atoms with E-state index in [4.69, 9.17) is 24.7 Å². The van der Waals surface area contributed by atoms with Crippen molar-refractivity contribution in [2.45, 2.75) is 234 Å². The number of likely N-dealkylation sites (tertiary alicyclic amines) is 2. The molecule has 107 heavy (non-hydrogen) atoms. The van der Waals surface area contributed by atoms with Crippen molar-refractivity contribution in [1.29, 1.82) is 0 Å². The third kappa shape index (κ3) is 27.1. The molecule has 0 aromatic heterocycles. The van der Waals surface area contributed by atoms with Crippen LogP contribution in [0.15, 0.2) is 78.9 Å². The number of amides is 8. The van der Waals surface area contributed by atoms with Gasteiger partial charge in [-0.1, -0.05) is 168 Å². The van der Waals surface area contributed by atoms with E-state index in [0.29, 0.717) is 81.3 Å². The van der Waals surface area contributed by atoms with Gasteiger partial charge in [-0.2, -0.15) is 0 Å². The van der Waals surface area contributed by atoms with E-state index >= 15 is 4.79 Å². The molecular formula is C83H124N8O16. The highest BCUT2D eigenvalue weighted by atomic mass is 16.5. The number of esters is 2. The van der Waals surface area contributed by atoms with E-state index in [1.807, 2.05) is 136 Å². The molecule has 12 atom stereocenters. The van der Waals surface area contributed by atoms with Gasteiger partial charge in [0.15, 0.2) is 11.6 Å². The molecule has 0 spiro atoms. The first-order valence-corrected chi connectivity index (χ1v) is 38.6. The monoisotopic (exact) mass is 1490 g/mol. The number of nitrogens with zero attached hydrogens (tertiary/aromatic N) is 4. The fraction of sp³-hybridized carbons (Fsp3) is 0.639. The summed E-state index contributed by atoms with van der Waals surface area (Å²) < 4.78 is 23.0. The number of urea groups is 1. The summed E-state index contributed by atoms with van der Waals surface area (Å²) >= 11 is 0. The van der Waals surface area contributed by atoms with Crippen molar-refractivity contribution in [2.75, 3.05) is 55.1 Å². The van der Waals surface area contributed by atoms with Gasteiger partial charge in [0.1, 0.15) is 18.4 Å². The van der Waals surface area contributed by atoms with Gasteiger partial charge in [-0.15, -0.1) is 0 Å². The van der Waals surface area contributed by atoms with Crippen LogP contribution in [0.3, 0.4) is 0 Å². The highest BCUT2D eigenvalue weighted by molar-refractivity contribution is 6.03. The first kappa shape index (κ1) is 89.4. The minimum absolute atomic E-state index is 0.0160. The molecular weight excluding hydrogens is 1360 g/mol. The average molecular weight is 1490 g/mol. The first-order chi connectivity index (χ1) is 50.7. The summed E-state index contributed by atoms with van der Waals surface area (Å²) in [6.07, 6.45) is 3.32. The number of unbranched alkanes of at least 4 members (excludes halogenated alkanes) is 2. The third-order valence-electron chi connectivity index (χ3n) is 21.6. The fourth-order valence-corrected chi connectivity index (χ4v) is 15.1. The van der Waals surface area contributed by atoms with Crippen LogP contribution in [0.25, 0.3) is 0 Å². The maximum absolute atomic E-state index is 15.0. The Morgan fingerprint density at radius 2 is 1.31 bits per heavy atom. The quantitative estimate of drug-likeness (QED) is 0.0232. The largest absolute Gasteiger partial charge is 0.467 e. The number of primary amides is 1. The normalized spacial score (nSPS) is 17.4. The molecule has 2 saturated heterocycles. The minimum Gasteiger partial charge on any atom is -0.467 e. The first-order valence-electron chi connectivity index (χ1n) is 38.6. The van der Waals surface area contributed by atoms with Crippen LogP contribution < -0.4 is 21.7 Å². The summed E-state index contributed by atoms with van der Waals surface area (Å²) in [7, 11) is 7.94. The Labute approximate surface area is 635 Å². The molecule has 2 aliphatic rings. The molecule has 5 N–H and O–H groups in total. The topological polar surface area (TPSA) is 317 Å². The van der Waals surface area contributed by atoms with Crippen molar-refractivity contribution in [3.8, 4) is 0 Å². The maximum atomic E-state index is 15.0. The summed E-state index contributed by atoms with van der Waals surface area (Å²) in [6, 6.07) is 19.7. The number of nitrogens with two attached hydrogens (primary N) is 1. The number of ether oxygens (including phenoxy) is 4. The molecule has 2 fully saturated rings. The van der Waals surface area contributed by atoms with E-state index in [1.54, 1.807) is 48.0 Å². The molecule has 8 amide bonds. The van der Waals surface area contributed by atoms with Gasteiger partial charge in [-0.05, 0) is 103 Å². The van der Waals surface area contributed by atoms with Crippen molar-refractivity contribution in [3.63, 3.8) is 0 Å². The van der Waals surface area contributed by atoms with Crippen molar-refractivity contribution >= 4 is 70.8 Å². The van der Waals surface area contributed by atoms with Gasteiger partial charge in [-0.3, -0.25) is 57.7 Å². The standard InChI is InChI=1S/C83H124N8O16/c1-17-55(10)76(71(104-14)48-73(96)90-40-26-33-68(90)77(105-15)56(11)78(98)87-67(82(102)106-16)42-57-27-20-18-21-28-57)89(13)80(100)64(52(4)5)46-70(94)75(54(8)9)88(12)49-61-30-24-29-60(41-61)44-74(97)107-50-59-36-34-58(35-37-59)43-69(93)66(32-25-38-85-83(84)103)86-79(99)63(51(2)3)45-62(92)31-22-19-23-39-91-72(95)47-65(53(6)7)81(91)101/h18,20-21,24,27-30,34-37,41,51-56,63-68,71,75-77H,17,19,22-23,25-26,31-33,38-40,42-50H2,1-16H3,(H,86,99)(H,87,98)(H3,84,85,103)/t55-,56+,63-,64-,65?,66-,67-,68-,71+,75-,76-,77+/m0/s1. The van der Waals surface area contributed by atoms with Crippen LogP contribution in [0.5, 0.6) is 0 Å². The van der Waals surface area contributed by atoms with E-state index in [1.165, 1.54) is 26.2 Å². The van der Waals surface area contributed by atoms with Gasteiger partial charge in [0.05, 0.1) is 62.2 Å². The lowest BCUT2D eigenvalue weighted by Crippen LogP contribution is -2.55. The second-order valence-corrected chi connectivity index (χ2v) is 30.9. The lowest BCUT2D eigenvalue weighted by atomic mass is 9.83. The number of likely N-dealkylation sites (N-methyl/N-ethyl adjacent to an activating group) is 2. The molecule has 5 rings (SSSR count). The maximum Gasteiger partial charge on any atom is 0.328 e. The molecule has 1 unspecified atom stereocenters. The predicted octanol–water partition coefficient (Wildman–Crippen LogP) is 9.35. The Balaban J connectivity index is 1.15. The molecule has 0 radical (unpaired) electrons. The van der Waals surface area contributed by atoms with Gasteiger partial charge in [0.25, 0.3) is 0 Å². The van der Waals surface area contributed by atoms with Crippen molar-refractivity contribution < 1.29 is 76.5 Å². The van der Waals surface area contributed by atoms with Gasteiger partial charge in [-0.25, -0.2) is 9.59 Å². The van der Waals surface area contributed by atoms with Crippen LogP contribution in [0.1, 0.15) is 187 Å². The zero-order valence-electron chi connectivity index (χ0n) is 66.5. The zero-order valence-corrected chi connectivity index (χ0v) is 66.5. The number of imide groups is 1. The number of Topliss-reactive ketones (excluding diaryl/α,β-unsaturated/α-hetero) is 3. The van der Waals surface area contributed by atoms with Crippen LogP contribution in [-0.4, -0.2) is 188 Å². The molecule has 2 heterocycles. The Bertz CT molecular complexity index is 3440. The van der Waals surface area contributed by atoms with Crippen LogP contribution in [0.4, 0.5) is 4.79 Å². The number of ketones is 3. The Kier molecular flexibility index (Phi) is 37.0. The number of carbonyl (C=O) groups excluding carboxylic acids is 12. The lowest BCUT2D eigenvalue weighted by Gasteiger charge is -2.41. The number of methoxy groups -OCH3 is 3. The minimum atomic E-state index is -0.939. The average Bonchev–Trinajstić information content (AvgIpc) is 1.67. The van der Waals surface area contributed by atoms with Crippen molar-refractivity contribution in [2.24, 2.45) is 59.0 Å². The van der Waals surface area contributed by atoms with Crippen LogP contribution in [-0.2, 0) is 104 Å². The molecule has 592 valence electrons. The van der Waals surface area contributed by atoms with Crippen LogP contribution in [0, 0.1) is 53.3 Å². The van der Waals surface area contributed by atoms with Crippen molar-refractivity contribution in [3.05, 3.63) is 107 Å². The molecule has 24 heteroatoms. The number of nitrogens with one attached hydrogen (secondary N) is 3. The zero-order chi connectivity index (χ0) is 79.4. The van der Waals surface area contributed by atoms with E-state index in [-0.39, 0.29) is 147 Å². The SMILES string of the molecule is CC[C@H](C)[C@@H]([C@@H](CC(=O)N1CCC[C@H]1[C@H](OC)[C@@H](C)C(=O)N[C@@H](Cc1ccccc1)C(=O)OC)OC)N(C)C(=O)[C@@H](CC(=O)[C@H](C(C)C)N(C)Cc1cccc(CC(=O)OCc2ccc(CC(=O)[C@H](CCCNC(N)=O)NC(=O)[C@@H](CC(=O)CCCCCN3C(=O)CC(C(C)C)C3=O)C(C)C)cc2)c1)C(C)C. The van der Waals surface area contributed by atoms with Gasteiger partial charge in [0, 0.05) is 104 Å². The van der Waals surface area contributed by atoms with Crippen LogP contribution >= 0.6 is 0 Å². The van der Waals surface area contributed by atoms with E-state index in [2.05, 4.69) is 16.0 Å². The Hall–Kier alpha value is -8.22. The van der Waals surface area contributed by atoms with E-state index in [9.17, 15) is 52.7 Å². The Morgan fingerprint density at radius 3 is 1.91 bits per heavy atom. The molecule has 0 saturated carbocycles. The lowest BCUT2D eigenvalue weighted by molar-refractivity contribution is -0.150. The molecule has 0 aliphatic carbocycles. The second-order valence-electron chi connectivity index (χ2n) is 30.9. The molecule has 3 aromatic carbocycles. The van der Waals surface area contributed by atoms with E-state index in [0.717, 1.165) is 11.1 Å². The molecule has 24 nitrogen and oxygen atoms in total. The third-order valence-corrected chi connectivity index (χ3v) is 21.6. The smallest absolute Gasteiger partial charge is 0.328 e. The number of hydrogen-bond acceptors (Lipinski definition) is 17. The van der Waals surface area contributed by atoms with Gasteiger partial charge < -0.3 is 50.4 Å². The van der Waals surface area contributed by atoms with Crippen LogP contribution in [0.2, 0.25) is 0 Å². The Morgan fingerprint density at radius 1 is 0.664 bits per heavy atom. The molecule has 2 aliphatic heterocycles. The summed E-state index contributed by atoms with van der Waals surface area (Å²) in [6.45, 7) is 22.4. The van der Waals surface area contributed by atoms with Gasteiger partial charge in [0.2, 0.25) is 35.4 Å². The van der Waals surface area contributed by atoms with E-state index < -0.39 is 90.0 Å². The van der Waals surface area contributed by atoms with Gasteiger partial charge >= 0.3 is 18.0 Å². The predicted molar refractivity (Wildman–Crippen MR) is 408 cm³/mol. The van der Waals surface area contributed by atoms with Crippen molar-refractivity contribution in [1.82, 2.24) is 35.6 Å². The number of hydrogen-bond donors (Lipinski definition) is 4. The second kappa shape index (κ2) is 44.3. The number of rotatable bonds is 47. The summed E-state index contributed by atoms with van der Waals surface area (Å²) in [5.74, 6) is -6.15. The highest BCUT2D eigenvalue weighted by Crippen LogP contribution is 2.33. The molecule has 3 aromatic rings. The molecule has 0 bridgehead atoms. The number of carbonyl (C=O) groups is 12. The number of benzene rings is 3. The highest BCUT2D eigenvalue weighted by Gasteiger charge is 2.45. The summed E-state index contributed by atoms with van der Waals surface area (Å²) in [4.78, 5) is 169. The fourth-order valence-electron chi connectivity index (χ4n) is 15.1. The summed E-state index contributed by atoms with van der Waals surface area (Å²) in [5.41, 5.74) is 9.04. The summed E-state index contributed by atoms with van der Waals surface area (Å²) in [5, 5.41) is 8.31.